The lowest BCUT2D eigenvalue weighted by Gasteiger charge is -2.41. The summed E-state index contributed by atoms with van der Waals surface area (Å²) in [5.74, 6) is 0.575. The molecule has 0 bridgehead atoms. The van der Waals surface area contributed by atoms with Gasteiger partial charge in [0, 0.05) is 43.6 Å². The van der Waals surface area contributed by atoms with Crippen molar-refractivity contribution in [1.29, 1.82) is 0 Å². The first-order chi connectivity index (χ1) is 12.8. The molecule has 1 unspecified atom stereocenters. The Balaban J connectivity index is 1.27. The summed E-state index contributed by atoms with van der Waals surface area (Å²) >= 11 is 0. The van der Waals surface area contributed by atoms with Crippen LogP contribution in [0.4, 0.5) is 5.82 Å². The van der Waals surface area contributed by atoms with Gasteiger partial charge < -0.3 is 20.1 Å². The van der Waals surface area contributed by atoms with Crippen LogP contribution in [0.25, 0.3) is 0 Å². The zero-order valence-electron chi connectivity index (χ0n) is 15.8. The van der Waals surface area contributed by atoms with Crippen LogP contribution in [0.1, 0.15) is 57.8 Å². The minimum atomic E-state index is -0.0751. The van der Waals surface area contributed by atoms with Crippen LogP contribution in [0.5, 0.6) is 0 Å². The van der Waals surface area contributed by atoms with Gasteiger partial charge in [-0.1, -0.05) is 19.3 Å². The summed E-state index contributed by atoms with van der Waals surface area (Å²) in [4.78, 5) is 24.0. The number of aromatic amines is 1. The van der Waals surface area contributed by atoms with E-state index in [0.717, 1.165) is 25.6 Å². The van der Waals surface area contributed by atoms with Crippen LogP contribution in [-0.4, -0.2) is 59.2 Å². The van der Waals surface area contributed by atoms with Gasteiger partial charge in [0.1, 0.15) is 0 Å². The van der Waals surface area contributed by atoms with Gasteiger partial charge in [0.05, 0.1) is 0 Å². The maximum absolute atomic E-state index is 12.0. The van der Waals surface area contributed by atoms with Crippen LogP contribution < -0.4 is 15.8 Å². The number of nitrogens with one attached hydrogen (secondary N) is 2. The normalized spacial score (nSPS) is 26.9. The van der Waals surface area contributed by atoms with Gasteiger partial charge in [0.25, 0.3) is 5.56 Å². The summed E-state index contributed by atoms with van der Waals surface area (Å²) in [6.07, 6.45) is 15.2. The predicted molar refractivity (Wildman–Crippen MR) is 105 cm³/mol. The van der Waals surface area contributed by atoms with Gasteiger partial charge in [-0.2, -0.15) is 0 Å². The van der Waals surface area contributed by atoms with Crippen LogP contribution in [0, 0.1) is 0 Å². The van der Waals surface area contributed by atoms with Gasteiger partial charge in [0.2, 0.25) is 0 Å². The van der Waals surface area contributed by atoms with Crippen LogP contribution >= 0.6 is 0 Å². The highest BCUT2D eigenvalue weighted by atomic mass is 16.1. The molecule has 1 aromatic heterocycles. The van der Waals surface area contributed by atoms with Crippen LogP contribution in [0.2, 0.25) is 0 Å². The highest BCUT2D eigenvalue weighted by Gasteiger charge is 2.29. The molecule has 0 amide bonds. The van der Waals surface area contributed by atoms with Crippen molar-refractivity contribution in [3.05, 3.63) is 22.7 Å². The van der Waals surface area contributed by atoms with Crippen molar-refractivity contribution in [3.63, 3.8) is 0 Å². The highest BCUT2D eigenvalue weighted by Crippen LogP contribution is 2.26. The molecule has 1 atom stereocenters. The molecule has 144 valence electrons. The summed E-state index contributed by atoms with van der Waals surface area (Å²) < 4.78 is 0. The Labute approximate surface area is 156 Å². The van der Waals surface area contributed by atoms with Crippen molar-refractivity contribution in [2.75, 3.05) is 31.1 Å². The second-order valence-corrected chi connectivity index (χ2v) is 8.30. The lowest BCUT2D eigenvalue weighted by atomic mass is 9.91. The quantitative estimate of drug-likeness (QED) is 0.862. The van der Waals surface area contributed by atoms with E-state index in [9.17, 15) is 4.79 Å². The molecular weight excluding hydrogens is 326 g/mol. The number of rotatable bonds is 4. The first-order valence-corrected chi connectivity index (χ1v) is 10.6. The van der Waals surface area contributed by atoms with Crippen molar-refractivity contribution < 1.29 is 0 Å². The fraction of sp³-hybridized carbons (Fsp3) is 0.800. The first kappa shape index (κ1) is 18.0. The third-order valence-corrected chi connectivity index (χ3v) is 6.50. The van der Waals surface area contributed by atoms with E-state index in [-0.39, 0.29) is 5.56 Å². The highest BCUT2D eigenvalue weighted by molar-refractivity contribution is 5.36. The fourth-order valence-corrected chi connectivity index (χ4v) is 5.09. The maximum Gasteiger partial charge on any atom is 0.290 e. The molecule has 1 aliphatic carbocycles. The third kappa shape index (κ3) is 4.29. The Morgan fingerprint density at radius 1 is 0.962 bits per heavy atom. The van der Waals surface area contributed by atoms with Gasteiger partial charge in [-0.3, -0.25) is 4.79 Å². The third-order valence-electron chi connectivity index (χ3n) is 6.50. The molecule has 6 nitrogen and oxygen atoms in total. The Morgan fingerprint density at radius 3 is 2.54 bits per heavy atom. The van der Waals surface area contributed by atoms with E-state index >= 15 is 0 Å². The van der Waals surface area contributed by atoms with E-state index < -0.39 is 0 Å². The number of H-pyrrole nitrogens is 1. The van der Waals surface area contributed by atoms with E-state index in [1.807, 2.05) is 0 Å². The molecule has 3 heterocycles. The molecular formula is C20H33N5O. The molecule has 1 saturated carbocycles. The number of aromatic nitrogens is 2. The number of anilines is 1. The summed E-state index contributed by atoms with van der Waals surface area (Å²) in [6.45, 7) is 4.32. The molecule has 2 N–H and O–H groups in total. The molecule has 6 heteroatoms. The molecule has 0 spiro atoms. The second kappa shape index (κ2) is 8.53. The molecule has 3 aliphatic rings. The Bertz CT molecular complexity index is 619. The number of piperidine rings is 2. The van der Waals surface area contributed by atoms with Crippen LogP contribution in [-0.2, 0) is 0 Å². The summed E-state index contributed by atoms with van der Waals surface area (Å²) in [7, 11) is 0. The van der Waals surface area contributed by atoms with Crippen molar-refractivity contribution >= 4 is 5.82 Å². The molecule has 26 heavy (non-hydrogen) atoms. The minimum absolute atomic E-state index is 0.0751. The molecule has 0 radical (unpaired) electrons. The number of likely N-dealkylation sites (tertiary alicyclic amines) is 1. The largest absolute Gasteiger partial charge is 0.350 e. The molecule has 4 rings (SSSR count). The molecule has 2 saturated heterocycles. The zero-order chi connectivity index (χ0) is 17.8. The Hall–Kier alpha value is -1.40. The summed E-state index contributed by atoms with van der Waals surface area (Å²) in [5, 5.41) is 3.89. The lowest BCUT2D eigenvalue weighted by Crippen LogP contribution is -2.53. The van der Waals surface area contributed by atoms with E-state index in [4.69, 9.17) is 0 Å². The van der Waals surface area contributed by atoms with Crippen LogP contribution in [0.15, 0.2) is 17.2 Å². The van der Waals surface area contributed by atoms with Crippen molar-refractivity contribution in [3.8, 4) is 0 Å². The summed E-state index contributed by atoms with van der Waals surface area (Å²) in [6, 6.07) is 1.95. The lowest BCUT2D eigenvalue weighted by molar-refractivity contribution is 0.112. The monoisotopic (exact) mass is 359 g/mol. The average Bonchev–Trinajstić information content (AvgIpc) is 2.70. The van der Waals surface area contributed by atoms with E-state index in [2.05, 4.69) is 25.1 Å². The first-order valence-electron chi connectivity index (χ1n) is 10.6. The smallest absolute Gasteiger partial charge is 0.290 e. The van der Waals surface area contributed by atoms with Gasteiger partial charge in [-0.15, -0.1) is 0 Å². The fourth-order valence-electron chi connectivity index (χ4n) is 5.09. The second-order valence-electron chi connectivity index (χ2n) is 8.30. The van der Waals surface area contributed by atoms with Crippen LogP contribution in [0.3, 0.4) is 0 Å². The molecule has 0 aromatic carbocycles. The van der Waals surface area contributed by atoms with E-state index in [0.29, 0.717) is 17.9 Å². The van der Waals surface area contributed by atoms with Crippen molar-refractivity contribution in [2.45, 2.75) is 75.9 Å². The number of hydrogen-bond donors (Lipinski definition) is 2. The molecule has 3 fully saturated rings. The van der Waals surface area contributed by atoms with Gasteiger partial charge in [-0.05, 0) is 51.6 Å². The summed E-state index contributed by atoms with van der Waals surface area (Å²) in [5.41, 5.74) is -0.0751. The SMILES string of the molecule is O=c1[nH]ccnc1N1CCCC(NC2CCN(C3CCCCC3)CC2)C1. The van der Waals surface area contributed by atoms with Gasteiger partial charge in [0.15, 0.2) is 5.82 Å². The maximum atomic E-state index is 12.0. The van der Waals surface area contributed by atoms with E-state index in [1.54, 1.807) is 12.4 Å². The number of nitrogens with zero attached hydrogens (tertiary/aromatic N) is 3. The van der Waals surface area contributed by atoms with Crippen molar-refractivity contribution in [1.82, 2.24) is 20.2 Å². The molecule has 2 aliphatic heterocycles. The standard InChI is InChI=1S/C20H33N5O/c26-20-19(21-10-11-22-20)25-12-4-5-17(15-25)23-16-8-13-24(14-9-16)18-6-2-1-3-7-18/h10-11,16-18,23H,1-9,12-15H2,(H,22,26). The Kier molecular flexibility index (Phi) is 5.90. The Morgan fingerprint density at radius 2 is 1.77 bits per heavy atom. The topological polar surface area (TPSA) is 64.3 Å². The predicted octanol–water partition coefficient (Wildman–Crippen LogP) is 2.13. The van der Waals surface area contributed by atoms with E-state index in [1.165, 1.54) is 64.5 Å². The van der Waals surface area contributed by atoms with Gasteiger partial charge in [-0.25, -0.2) is 4.98 Å². The zero-order valence-corrected chi connectivity index (χ0v) is 15.8. The minimum Gasteiger partial charge on any atom is -0.350 e. The average molecular weight is 360 g/mol. The number of hydrogen-bond acceptors (Lipinski definition) is 5. The molecule has 1 aromatic rings. The van der Waals surface area contributed by atoms with Gasteiger partial charge >= 0.3 is 0 Å². The van der Waals surface area contributed by atoms with Crippen molar-refractivity contribution in [2.24, 2.45) is 0 Å².